The van der Waals surface area contributed by atoms with E-state index in [0.29, 0.717) is 5.69 Å². The van der Waals surface area contributed by atoms with Crippen molar-refractivity contribution in [2.24, 2.45) is 11.7 Å². The number of aromatic amines is 1. The van der Waals surface area contributed by atoms with Gasteiger partial charge in [-0.05, 0) is 24.1 Å². The number of H-pyrrole nitrogens is 1. The van der Waals surface area contributed by atoms with Crippen LogP contribution in [-0.4, -0.2) is 28.2 Å². The summed E-state index contributed by atoms with van der Waals surface area (Å²) in [6, 6.07) is 4.22. The van der Waals surface area contributed by atoms with Gasteiger partial charge in [0.15, 0.2) is 0 Å². The molecule has 2 atom stereocenters. The molecule has 0 aliphatic carbocycles. The lowest BCUT2D eigenvalue weighted by molar-refractivity contribution is -0.120. The number of anilines is 1. The van der Waals surface area contributed by atoms with Crippen LogP contribution in [0.15, 0.2) is 24.4 Å². The number of carbonyl (C=O) groups excluding carboxylic acids is 2. The van der Waals surface area contributed by atoms with Crippen LogP contribution in [0.25, 0.3) is 10.9 Å². The Kier molecular flexibility index (Phi) is 4.42. The highest BCUT2D eigenvalue weighted by atomic mass is 16.2. The Morgan fingerprint density at radius 3 is 2.86 bits per heavy atom. The number of benzene rings is 1. The summed E-state index contributed by atoms with van der Waals surface area (Å²) in [4.78, 5) is 23.4. The molecule has 21 heavy (non-hydrogen) atoms. The third kappa shape index (κ3) is 3.50. The van der Waals surface area contributed by atoms with Crippen molar-refractivity contribution in [3.05, 3.63) is 24.4 Å². The zero-order valence-corrected chi connectivity index (χ0v) is 12.0. The number of primary amides is 1. The minimum atomic E-state index is -0.687. The Bertz CT molecular complexity index is 652. The average molecular weight is 289 g/mol. The topological polar surface area (TPSA) is 113 Å². The molecule has 2 aromatic rings. The highest BCUT2D eigenvalue weighted by Crippen LogP contribution is 2.16. The number of rotatable bonds is 5. The van der Waals surface area contributed by atoms with Crippen LogP contribution in [0.3, 0.4) is 0 Å². The first-order chi connectivity index (χ1) is 10.0. The molecular weight excluding hydrogens is 270 g/mol. The number of nitrogens with one attached hydrogen (secondary N) is 3. The van der Waals surface area contributed by atoms with E-state index < -0.39 is 18.0 Å². The van der Waals surface area contributed by atoms with Gasteiger partial charge in [0, 0.05) is 11.1 Å². The van der Waals surface area contributed by atoms with E-state index in [4.69, 9.17) is 5.73 Å². The van der Waals surface area contributed by atoms with Crippen LogP contribution in [0.1, 0.15) is 20.3 Å². The fraction of sp³-hybridized carbons (Fsp3) is 0.357. The van der Waals surface area contributed by atoms with Crippen LogP contribution in [0.4, 0.5) is 10.5 Å². The third-order valence-corrected chi connectivity index (χ3v) is 3.50. The van der Waals surface area contributed by atoms with Gasteiger partial charge in [0.25, 0.3) is 0 Å². The van der Waals surface area contributed by atoms with Gasteiger partial charge in [0.2, 0.25) is 5.91 Å². The van der Waals surface area contributed by atoms with Gasteiger partial charge in [-0.25, -0.2) is 4.79 Å². The molecule has 112 valence electrons. The quantitative estimate of drug-likeness (QED) is 0.670. The summed E-state index contributed by atoms with van der Waals surface area (Å²) in [7, 11) is 0. The van der Waals surface area contributed by atoms with E-state index in [1.165, 1.54) is 0 Å². The minimum absolute atomic E-state index is 0.0235. The molecule has 0 spiro atoms. The Morgan fingerprint density at radius 2 is 2.19 bits per heavy atom. The van der Waals surface area contributed by atoms with Crippen molar-refractivity contribution in [3.63, 3.8) is 0 Å². The molecule has 0 aliphatic rings. The van der Waals surface area contributed by atoms with E-state index in [1.807, 2.05) is 19.9 Å². The minimum Gasteiger partial charge on any atom is -0.368 e. The van der Waals surface area contributed by atoms with Gasteiger partial charge in [0.05, 0.1) is 11.7 Å². The molecule has 3 amide bonds. The number of amides is 3. The number of hydrogen-bond acceptors (Lipinski definition) is 3. The van der Waals surface area contributed by atoms with Crippen molar-refractivity contribution in [1.82, 2.24) is 15.5 Å². The zero-order chi connectivity index (χ0) is 15.4. The summed E-state index contributed by atoms with van der Waals surface area (Å²) in [6.45, 7) is 3.81. The normalized spacial score (nSPS) is 13.6. The van der Waals surface area contributed by atoms with Gasteiger partial charge in [0.1, 0.15) is 6.04 Å². The molecule has 0 aliphatic heterocycles. The van der Waals surface area contributed by atoms with Crippen LogP contribution in [0, 0.1) is 5.92 Å². The van der Waals surface area contributed by atoms with Crippen molar-refractivity contribution in [2.75, 3.05) is 5.32 Å². The second-order valence-electron chi connectivity index (χ2n) is 5.04. The van der Waals surface area contributed by atoms with E-state index in [0.717, 1.165) is 17.3 Å². The lowest BCUT2D eigenvalue weighted by Crippen LogP contribution is -2.49. The maximum absolute atomic E-state index is 12.0. The third-order valence-electron chi connectivity index (χ3n) is 3.50. The maximum atomic E-state index is 12.0. The Hall–Kier alpha value is -2.57. The monoisotopic (exact) mass is 289 g/mol. The molecule has 0 saturated heterocycles. The molecular formula is C14H19N5O2. The van der Waals surface area contributed by atoms with E-state index in [-0.39, 0.29) is 5.92 Å². The predicted molar refractivity (Wildman–Crippen MR) is 80.7 cm³/mol. The Morgan fingerprint density at radius 1 is 1.43 bits per heavy atom. The largest absolute Gasteiger partial charge is 0.368 e. The molecule has 0 unspecified atom stereocenters. The smallest absolute Gasteiger partial charge is 0.319 e. The summed E-state index contributed by atoms with van der Waals surface area (Å²) >= 11 is 0. The van der Waals surface area contributed by atoms with E-state index >= 15 is 0 Å². The summed E-state index contributed by atoms with van der Waals surface area (Å²) in [5.74, 6) is -0.561. The van der Waals surface area contributed by atoms with Crippen molar-refractivity contribution < 1.29 is 9.59 Å². The molecule has 0 saturated carbocycles. The van der Waals surface area contributed by atoms with Crippen LogP contribution in [0.2, 0.25) is 0 Å². The molecule has 5 N–H and O–H groups in total. The standard InChI is InChI=1S/C14H19N5O2/c1-3-8(2)12(13(15)20)18-14(21)17-10-4-5-11-9(6-10)7-16-19-11/h4-8,12H,3H2,1-2H3,(H2,15,20)(H,16,19)(H2,17,18,21)/t8-,12-/m0/s1. The summed E-state index contributed by atoms with van der Waals surface area (Å²) in [5, 5.41) is 12.9. The van der Waals surface area contributed by atoms with E-state index in [2.05, 4.69) is 20.8 Å². The predicted octanol–water partition coefficient (Wildman–Crippen LogP) is 1.58. The van der Waals surface area contributed by atoms with Crippen molar-refractivity contribution in [3.8, 4) is 0 Å². The fourth-order valence-corrected chi connectivity index (χ4v) is 2.06. The van der Waals surface area contributed by atoms with Crippen molar-refractivity contribution in [2.45, 2.75) is 26.3 Å². The number of aromatic nitrogens is 2. The highest BCUT2D eigenvalue weighted by molar-refractivity contribution is 5.95. The van der Waals surface area contributed by atoms with E-state index in [9.17, 15) is 9.59 Å². The molecule has 0 radical (unpaired) electrons. The average Bonchev–Trinajstić information content (AvgIpc) is 2.91. The number of nitrogens with two attached hydrogens (primary N) is 1. The first-order valence-corrected chi connectivity index (χ1v) is 6.81. The van der Waals surface area contributed by atoms with Crippen LogP contribution in [0.5, 0.6) is 0 Å². The van der Waals surface area contributed by atoms with Gasteiger partial charge in [-0.1, -0.05) is 20.3 Å². The molecule has 0 fully saturated rings. The number of carbonyl (C=O) groups is 2. The summed E-state index contributed by atoms with van der Waals surface area (Å²) in [5.41, 5.74) is 6.83. The van der Waals surface area contributed by atoms with Crippen LogP contribution in [-0.2, 0) is 4.79 Å². The maximum Gasteiger partial charge on any atom is 0.319 e. The zero-order valence-electron chi connectivity index (χ0n) is 12.0. The molecule has 7 heteroatoms. The van der Waals surface area contributed by atoms with Crippen LogP contribution < -0.4 is 16.4 Å². The molecule has 2 rings (SSSR count). The fourth-order valence-electron chi connectivity index (χ4n) is 2.06. The molecule has 1 aromatic heterocycles. The van der Waals surface area contributed by atoms with Gasteiger partial charge >= 0.3 is 6.03 Å². The SMILES string of the molecule is CC[C@H](C)[C@H](NC(=O)Nc1ccc2[nH]ncc2c1)C(N)=O. The summed E-state index contributed by atoms with van der Waals surface area (Å²) in [6.07, 6.45) is 2.42. The first-order valence-electron chi connectivity index (χ1n) is 6.81. The molecule has 1 aromatic carbocycles. The number of fused-ring (bicyclic) bond motifs is 1. The van der Waals surface area contributed by atoms with E-state index in [1.54, 1.807) is 18.3 Å². The second kappa shape index (κ2) is 6.25. The highest BCUT2D eigenvalue weighted by Gasteiger charge is 2.23. The Labute approximate surface area is 122 Å². The lowest BCUT2D eigenvalue weighted by atomic mass is 9.99. The lowest BCUT2D eigenvalue weighted by Gasteiger charge is -2.21. The van der Waals surface area contributed by atoms with Crippen LogP contribution >= 0.6 is 0 Å². The molecule has 7 nitrogen and oxygen atoms in total. The van der Waals surface area contributed by atoms with Gasteiger partial charge in [-0.15, -0.1) is 0 Å². The number of urea groups is 1. The number of nitrogens with zero attached hydrogens (tertiary/aromatic N) is 1. The van der Waals surface area contributed by atoms with Crippen molar-refractivity contribution >= 4 is 28.5 Å². The second-order valence-corrected chi connectivity index (χ2v) is 5.04. The van der Waals surface area contributed by atoms with Gasteiger partial charge in [-0.3, -0.25) is 9.89 Å². The summed E-state index contributed by atoms with van der Waals surface area (Å²) < 4.78 is 0. The Balaban J connectivity index is 2.04. The molecule has 1 heterocycles. The molecule has 0 bridgehead atoms. The van der Waals surface area contributed by atoms with Gasteiger partial charge < -0.3 is 16.4 Å². The number of hydrogen-bond donors (Lipinski definition) is 4. The van der Waals surface area contributed by atoms with Gasteiger partial charge in [-0.2, -0.15) is 5.10 Å². The van der Waals surface area contributed by atoms with Crippen molar-refractivity contribution in [1.29, 1.82) is 0 Å². The first kappa shape index (κ1) is 14.8.